The fourth-order valence-corrected chi connectivity index (χ4v) is 1.06. The Bertz CT molecular complexity index is 224. The molecule has 0 saturated carbocycles. The zero-order valence-electron chi connectivity index (χ0n) is 4.29. The van der Waals surface area contributed by atoms with Crippen LogP contribution in [0.5, 0.6) is 0 Å². The van der Waals surface area contributed by atoms with Gasteiger partial charge in [-0.1, -0.05) is 11.6 Å². The highest BCUT2D eigenvalue weighted by Gasteiger charge is 1.96. The van der Waals surface area contributed by atoms with Crippen LogP contribution in [0.2, 0.25) is 5.02 Å². The van der Waals surface area contributed by atoms with Gasteiger partial charge in [-0.3, -0.25) is 0 Å². The van der Waals surface area contributed by atoms with Crippen molar-refractivity contribution in [1.29, 1.82) is 0 Å². The van der Waals surface area contributed by atoms with Crippen LogP contribution < -0.4 is 0 Å². The predicted octanol–water partition coefficient (Wildman–Crippen LogP) is 3.04. The van der Waals surface area contributed by atoms with Crippen molar-refractivity contribution in [2.45, 2.75) is 0 Å². The Balaban J connectivity index is 3.17. The molecule has 0 aliphatic carbocycles. The molecule has 1 radical (unpaired) electrons. The summed E-state index contributed by atoms with van der Waals surface area (Å²) < 4.78 is 12.7. The van der Waals surface area contributed by atoms with E-state index in [1.807, 2.05) is 0 Å². The van der Waals surface area contributed by atoms with Gasteiger partial charge < -0.3 is 0 Å². The molecule has 0 fully saturated rings. The van der Waals surface area contributed by atoms with Crippen LogP contribution in [0.15, 0.2) is 16.6 Å². The lowest BCUT2D eigenvalue weighted by molar-refractivity contribution is 0.621. The molecule has 9 heavy (non-hydrogen) atoms. The van der Waals surface area contributed by atoms with E-state index in [9.17, 15) is 4.39 Å². The minimum absolute atomic E-state index is 0.348. The molecule has 0 spiro atoms. The first kappa shape index (κ1) is 7.03. The maximum absolute atomic E-state index is 12.4. The van der Waals surface area contributed by atoms with Crippen LogP contribution in [0.1, 0.15) is 0 Å². The standard InChI is InChI=1S/C6H2BrClF/c7-5-3-4(8)1-2-6(5)9/h2-3H. The first-order chi connectivity index (χ1) is 4.20. The van der Waals surface area contributed by atoms with E-state index in [1.54, 1.807) is 0 Å². The van der Waals surface area contributed by atoms with Crippen LogP contribution in [-0.2, 0) is 0 Å². The molecule has 0 unspecified atom stereocenters. The van der Waals surface area contributed by atoms with E-state index in [1.165, 1.54) is 12.1 Å². The monoisotopic (exact) mass is 207 g/mol. The summed E-state index contributed by atoms with van der Waals surface area (Å²) in [6, 6.07) is 5.14. The van der Waals surface area contributed by atoms with Gasteiger partial charge in [0.1, 0.15) is 5.82 Å². The van der Waals surface area contributed by atoms with Gasteiger partial charge in [0.05, 0.1) is 4.47 Å². The number of hydrogen-bond acceptors (Lipinski definition) is 0. The SMILES string of the molecule is Fc1c[c]c(Cl)cc1Br. The molecule has 0 amide bonds. The second-order valence-corrected chi connectivity index (χ2v) is 2.74. The van der Waals surface area contributed by atoms with E-state index in [0.717, 1.165) is 0 Å². The third kappa shape index (κ3) is 1.66. The Morgan fingerprint density at radius 2 is 2.33 bits per heavy atom. The van der Waals surface area contributed by atoms with E-state index in [-0.39, 0.29) is 5.82 Å². The van der Waals surface area contributed by atoms with Gasteiger partial charge in [-0.05, 0) is 28.1 Å². The maximum Gasteiger partial charge on any atom is 0.138 e. The molecule has 0 aliphatic heterocycles. The van der Waals surface area contributed by atoms with Crippen LogP contribution in [0.25, 0.3) is 0 Å². The van der Waals surface area contributed by atoms with Crippen molar-refractivity contribution in [3.05, 3.63) is 33.5 Å². The molecule has 0 N–H and O–H groups in total. The van der Waals surface area contributed by atoms with Crippen LogP contribution in [-0.4, -0.2) is 0 Å². The predicted molar refractivity (Wildman–Crippen MR) is 37.9 cm³/mol. The quantitative estimate of drug-likeness (QED) is 0.575. The lowest BCUT2D eigenvalue weighted by atomic mass is 10.3. The van der Waals surface area contributed by atoms with Crippen LogP contribution in [0.3, 0.4) is 0 Å². The third-order valence-corrected chi connectivity index (χ3v) is 1.64. The van der Waals surface area contributed by atoms with Crippen molar-refractivity contribution in [3.8, 4) is 0 Å². The smallest absolute Gasteiger partial charge is 0.138 e. The first-order valence-corrected chi connectivity index (χ1v) is 3.39. The van der Waals surface area contributed by atoms with Crippen molar-refractivity contribution in [2.24, 2.45) is 0 Å². The van der Waals surface area contributed by atoms with E-state index in [2.05, 4.69) is 22.0 Å². The van der Waals surface area contributed by atoms with Crippen LogP contribution in [0.4, 0.5) is 4.39 Å². The number of benzene rings is 1. The number of hydrogen-bond donors (Lipinski definition) is 0. The number of halogens is 3. The molecule has 0 nitrogen and oxygen atoms in total. The van der Waals surface area contributed by atoms with Gasteiger partial charge in [-0.25, -0.2) is 4.39 Å². The Labute approximate surface area is 65.8 Å². The Kier molecular flexibility index (Phi) is 2.09. The van der Waals surface area contributed by atoms with Crippen molar-refractivity contribution in [2.75, 3.05) is 0 Å². The van der Waals surface area contributed by atoms with Crippen molar-refractivity contribution in [3.63, 3.8) is 0 Å². The summed E-state index contributed by atoms with van der Waals surface area (Å²) >= 11 is 8.43. The number of rotatable bonds is 0. The summed E-state index contributed by atoms with van der Waals surface area (Å²) in [7, 11) is 0. The summed E-state index contributed by atoms with van der Waals surface area (Å²) in [5.74, 6) is -0.348. The molecule has 1 aromatic carbocycles. The van der Waals surface area contributed by atoms with Gasteiger partial charge in [0, 0.05) is 11.1 Å². The molecule has 3 heteroatoms. The summed E-state index contributed by atoms with van der Waals surface area (Å²) in [4.78, 5) is 0. The van der Waals surface area contributed by atoms with Gasteiger partial charge in [-0.2, -0.15) is 0 Å². The second-order valence-electron chi connectivity index (χ2n) is 1.48. The highest BCUT2D eigenvalue weighted by molar-refractivity contribution is 9.10. The summed E-state index contributed by atoms with van der Waals surface area (Å²) in [5, 5.41) is 0.406. The fourth-order valence-electron chi connectivity index (χ4n) is 0.423. The van der Waals surface area contributed by atoms with Crippen molar-refractivity contribution in [1.82, 2.24) is 0 Å². The largest absolute Gasteiger partial charge is 0.206 e. The van der Waals surface area contributed by atoms with Crippen molar-refractivity contribution < 1.29 is 4.39 Å². The van der Waals surface area contributed by atoms with Gasteiger partial charge in [0.15, 0.2) is 0 Å². The van der Waals surface area contributed by atoms with Gasteiger partial charge in [-0.15, -0.1) is 0 Å². The van der Waals surface area contributed by atoms with E-state index in [0.29, 0.717) is 9.50 Å². The Morgan fingerprint density at radius 1 is 1.67 bits per heavy atom. The zero-order chi connectivity index (χ0) is 6.85. The molecule has 0 aromatic heterocycles. The molecule has 0 heterocycles. The fraction of sp³-hybridized carbons (Fsp3) is 0. The van der Waals surface area contributed by atoms with E-state index < -0.39 is 0 Å². The third-order valence-electron chi connectivity index (χ3n) is 0.818. The van der Waals surface area contributed by atoms with Gasteiger partial charge in [0.2, 0.25) is 0 Å². The second kappa shape index (κ2) is 2.67. The molecule has 0 saturated heterocycles. The van der Waals surface area contributed by atoms with E-state index >= 15 is 0 Å². The van der Waals surface area contributed by atoms with Crippen molar-refractivity contribution >= 4 is 27.5 Å². The average Bonchev–Trinajstić information content (AvgIpc) is 1.80. The molecular weight excluding hydrogens is 206 g/mol. The topological polar surface area (TPSA) is 0 Å². The summed E-state index contributed by atoms with van der Waals surface area (Å²) in [5.41, 5.74) is 0. The molecule has 1 aromatic rings. The molecule has 0 aliphatic rings. The van der Waals surface area contributed by atoms with Gasteiger partial charge in [0.25, 0.3) is 0 Å². The van der Waals surface area contributed by atoms with Gasteiger partial charge >= 0.3 is 0 Å². The Morgan fingerprint density at radius 3 is 2.78 bits per heavy atom. The summed E-state index contributed by atoms with van der Waals surface area (Å²) in [6.45, 7) is 0. The molecule has 1 rings (SSSR count). The molecule has 0 bridgehead atoms. The van der Waals surface area contributed by atoms with E-state index in [4.69, 9.17) is 11.6 Å². The first-order valence-electron chi connectivity index (χ1n) is 2.22. The molecule has 0 atom stereocenters. The highest BCUT2D eigenvalue weighted by Crippen LogP contribution is 2.18. The highest BCUT2D eigenvalue weighted by atomic mass is 79.9. The zero-order valence-corrected chi connectivity index (χ0v) is 6.63. The lowest BCUT2D eigenvalue weighted by Crippen LogP contribution is -1.74. The van der Waals surface area contributed by atoms with Crippen LogP contribution >= 0.6 is 27.5 Å². The molecule has 47 valence electrons. The Hall–Kier alpha value is -0.0800. The molecular formula is C6H2BrClF. The normalized spacial score (nSPS) is 9.67. The van der Waals surface area contributed by atoms with Crippen LogP contribution in [0, 0.1) is 11.9 Å². The lowest BCUT2D eigenvalue weighted by Gasteiger charge is -1.91. The maximum atomic E-state index is 12.4. The minimum atomic E-state index is -0.348. The summed E-state index contributed by atoms with van der Waals surface area (Å²) in [6.07, 6.45) is 0. The minimum Gasteiger partial charge on any atom is -0.206 e. The average molecular weight is 208 g/mol.